The quantitative estimate of drug-likeness (QED) is 0.455. The normalized spacial score (nSPS) is 22.5. The third-order valence-electron chi connectivity index (χ3n) is 3.35. The summed E-state index contributed by atoms with van der Waals surface area (Å²) in [6.45, 7) is 12.3. The fourth-order valence-electron chi connectivity index (χ4n) is 1.91. The van der Waals surface area contributed by atoms with E-state index < -0.39 is 0 Å². The molecule has 0 heterocycles. The minimum atomic E-state index is 0.821. The van der Waals surface area contributed by atoms with E-state index >= 15 is 0 Å². The maximum atomic E-state index is 3.98. The molecule has 96 valence electrons. The molecule has 0 nitrogen and oxygen atoms in total. The van der Waals surface area contributed by atoms with Crippen molar-refractivity contribution in [2.24, 2.45) is 11.8 Å². The van der Waals surface area contributed by atoms with Gasteiger partial charge in [0.25, 0.3) is 0 Å². The van der Waals surface area contributed by atoms with Gasteiger partial charge < -0.3 is 0 Å². The van der Waals surface area contributed by atoms with Crippen LogP contribution in [0.15, 0.2) is 0 Å². The van der Waals surface area contributed by atoms with Crippen LogP contribution >= 0.6 is 0 Å². The van der Waals surface area contributed by atoms with Gasteiger partial charge in [-0.2, -0.15) is 0 Å². The van der Waals surface area contributed by atoms with Crippen LogP contribution in [0.5, 0.6) is 0 Å². The summed E-state index contributed by atoms with van der Waals surface area (Å²) < 4.78 is 0. The Morgan fingerprint density at radius 3 is 1.94 bits per heavy atom. The van der Waals surface area contributed by atoms with E-state index in [2.05, 4.69) is 27.7 Å². The molecule has 1 rings (SSSR count). The molecule has 0 aliphatic heterocycles. The zero-order chi connectivity index (χ0) is 12.2. The molecule has 0 spiro atoms. The molecular formula is C16H32. The maximum absolute atomic E-state index is 3.98. The highest BCUT2D eigenvalue weighted by Crippen LogP contribution is 2.41. The van der Waals surface area contributed by atoms with Gasteiger partial charge in [-0.15, -0.1) is 0 Å². The van der Waals surface area contributed by atoms with Crippen molar-refractivity contribution in [1.82, 2.24) is 0 Å². The molecule has 0 N–H and O–H groups in total. The molecule has 2 radical (unpaired) electrons. The summed E-state index contributed by atoms with van der Waals surface area (Å²) in [5.74, 6) is 1.83. The van der Waals surface area contributed by atoms with Gasteiger partial charge in [-0.25, -0.2) is 0 Å². The van der Waals surface area contributed by atoms with E-state index in [1.165, 1.54) is 57.8 Å². The second-order valence-electron chi connectivity index (χ2n) is 5.17. The molecule has 1 aliphatic carbocycles. The summed E-state index contributed by atoms with van der Waals surface area (Å²) >= 11 is 0. The first kappa shape index (κ1) is 16.0. The van der Waals surface area contributed by atoms with Gasteiger partial charge in [-0.3, -0.25) is 0 Å². The zero-order valence-electron chi connectivity index (χ0n) is 11.6. The van der Waals surface area contributed by atoms with E-state index in [-0.39, 0.29) is 0 Å². The highest BCUT2D eigenvalue weighted by molar-refractivity contribution is 4.87. The average Bonchev–Trinajstić information content (AvgIpc) is 2.99. The summed E-state index contributed by atoms with van der Waals surface area (Å²) in [7, 11) is 0. The lowest BCUT2D eigenvalue weighted by molar-refractivity contribution is 0.633. The summed E-state index contributed by atoms with van der Waals surface area (Å²) in [5.41, 5.74) is 0. The first-order valence-electron chi connectivity index (χ1n) is 7.38. The lowest BCUT2D eigenvalue weighted by atomic mass is 10.1. The lowest BCUT2D eigenvalue weighted by Crippen LogP contribution is -1.77. The molecule has 16 heavy (non-hydrogen) atoms. The molecule has 0 amide bonds. The molecule has 0 saturated heterocycles. The van der Waals surface area contributed by atoms with Crippen molar-refractivity contribution >= 4 is 0 Å². The third-order valence-corrected chi connectivity index (χ3v) is 3.35. The lowest BCUT2D eigenvalue weighted by Gasteiger charge is -1.93. The summed E-state index contributed by atoms with van der Waals surface area (Å²) in [6.07, 6.45) is 13.6. The topological polar surface area (TPSA) is 0 Å². The highest BCUT2D eigenvalue weighted by Gasteiger charge is 2.31. The van der Waals surface area contributed by atoms with Crippen LogP contribution in [0.2, 0.25) is 0 Å². The van der Waals surface area contributed by atoms with Crippen LogP contribution in [0, 0.1) is 25.7 Å². The van der Waals surface area contributed by atoms with Crippen LogP contribution < -0.4 is 0 Å². The third kappa shape index (κ3) is 10.5. The fraction of sp³-hybridized carbons (Fsp3) is 0.875. The fourth-order valence-corrected chi connectivity index (χ4v) is 1.91. The van der Waals surface area contributed by atoms with Crippen molar-refractivity contribution in [2.45, 2.75) is 78.1 Å². The Kier molecular flexibility index (Phi) is 11.5. The smallest absolute Gasteiger partial charge is 0.0383 e. The molecule has 0 heteroatoms. The number of rotatable bonds is 8. The monoisotopic (exact) mass is 224 g/mol. The van der Waals surface area contributed by atoms with Crippen LogP contribution in [0.3, 0.4) is 0 Å². The van der Waals surface area contributed by atoms with Gasteiger partial charge in [0.2, 0.25) is 0 Å². The molecule has 0 aromatic heterocycles. The van der Waals surface area contributed by atoms with E-state index in [9.17, 15) is 0 Å². The van der Waals surface area contributed by atoms with Gasteiger partial charge in [0, 0.05) is 0 Å². The van der Waals surface area contributed by atoms with E-state index in [1.807, 2.05) is 0 Å². The Morgan fingerprint density at radius 2 is 1.50 bits per heavy atom. The van der Waals surface area contributed by atoms with Gasteiger partial charge in [-0.1, -0.05) is 78.6 Å². The molecule has 1 saturated carbocycles. The van der Waals surface area contributed by atoms with Crippen molar-refractivity contribution in [1.29, 1.82) is 0 Å². The van der Waals surface area contributed by atoms with E-state index in [1.54, 1.807) is 0 Å². The molecule has 2 unspecified atom stereocenters. The molecule has 1 fully saturated rings. The number of hydrogen-bond donors (Lipinski definition) is 0. The molecule has 0 bridgehead atoms. The number of hydrogen-bond acceptors (Lipinski definition) is 0. The van der Waals surface area contributed by atoms with Crippen LogP contribution in [0.1, 0.15) is 78.1 Å². The highest BCUT2D eigenvalue weighted by atomic mass is 14.4. The van der Waals surface area contributed by atoms with Crippen molar-refractivity contribution in [2.75, 3.05) is 0 Å². The van der Waals surface area contributed by atoms with Crippen LogP contribution in [-0.4, -0.2) is 0 Å². The van der Waals surface area contributed by atoms with Crippen molar-refractivity contribution in [3.05, 3.63) is 13.8 Å². The summed E-state index contributed by atoms with van der Waals surface area (Å²) in [6, 6.07) is 0. The van der Waals surface area contributed by atoms with E-state index in [4.69, 9.17) is 0 Å². The largest absolute Gasteiger partial charge is 0.0654 e. The van der Waals surface area contributed by atoms with Crippen molar-refractivity contribution in [3.63, 3.8) is 0 Å². The molecule has 2 atom stereocenters. The second kappa shape index (κ2) is 11.5. The Morgan fingerprint density at radius 1 is 0.938 bits per heavy atom. The van der Waals surface area contributed by atoms with Crippen LogP contribution in [-0.2, 0) is 0 Å². The van der Waals surface area contributed by atoms with Crippen molar-refractivity contribution < 1.29 is 0 Å². The van der Waals surface area contributed by atoms with Gasteiger partial charge in [0.1, 0.15) is 0 Å². The Labute approximate surface area is 104 Å². The molecule has 0 aromatic carbocycles. The van der Waals surface area contributed by atoms with Crippen LogP contribution in [0.4, 0.5) is 0 Å². The van der Waals surface area contributed by atoms with Gasteiger partial charge in [-0.05, 0) is 25.2 Å². The minimum Gasteiger partial charge on any atom is -0.0654 e. The van der Waals surface area contributed by atoms with Gasteiger partial charge in [0.05, 0.1) is 0 Å². The summed E-state index contributed by atoms with van der Waals surface area (Å²) in [4.78, 5) is 0. The van der Waals surface area contributed by atoms with Crippen molar-refractivity contribution in [3.8, 4) is 0 Å². The van der Waals surface area contributed by atoms with E-state index in [0.29, 0.717) is 0 Å². The SMILES string of the molecule is [CH2]C1CC1CCCC.[CH2]CCCCCCC. The zero-order valence-corrected chi connectivity index (χ0v) is 11.6. The second-order valence-corrected chi connectivity index (χ2v) is 5.17. The molecular weight excluding hydrogens is 192 g/mol. The maximum Gasteiger partial charge on any atom is -0.0383 e. The molecule has 0 aromatic rings. The number of unbranched alkanes of at least 4 members (excludes halogenated alkanes) is 6. The molecule has 1 aliphatic rings. The van der Waals surface area contributed by atoms with Crippen LogP contribution in [0.25, 0.3) is 0 Å². The standard InChI is InChI=1S/C8H15.C8H17/c1-3-4-5-8-6-7(8)2;1-3-5-7-8-6-4-2/h7-8H,2-6H2,1H3;1,3-8H2,2H3. The Bertz CT molecular complexity index is 122. The van der Waals surface area contributed by atoms with Gasteiger partial charge in [0.15, 0.2) is 0 Å². The predicted molar refractivity (Wildman–Crippen MR) is 75.2 cm³/mol. The van der Waals surface area contributed by atoms with E-state index in [0.717, 1.165) is 18.3 Å². The average molecular weight is 224 g/mol. The summed E-state index contributed by atoms with van der Waals surface area (Å²) in [5, 5.41) is 0. The van der Waals surface area contributed by atoms with Gasteiger partial charge >= 0.3 is 0 Å². The predicted octanol–water partition coefficient (Wildman–Crippen LogP) is 5.83. The minimum absolute atomic E-state index is 0.821. The first-order valence-corrected chi connectivity index (χ1v) is 7.38. The Hall–Kier alpha value is 0. The Balaban J connectivity index is 0.000000281. The first-order chi connectivity index (χ1) is 7.76.